The molecule has 118 valence electrons. The van der Waals surface area contributed by atoms with Crippen LogP contribution < -0.4 is 0 Å². The van der Waals surface area contributed by atoms with E-state index >= 15 is 0 Å². The monoisotopic (exact) mass is 305 g/mol. The Kier molecular flexibility index (Phi) is 2.95. The number of hydrogen-bond donors (Lipinski definition) is 0. The molecule has 0 saturated carbocycles. The molecule has 2 bridgehead atoms. The molecule has 2 aromatic carbocycles. The first-order valence-electron chi connectivity index (χ1n) is 8.77. The summed E-state index contributed by atoms with van der Waals surface area (Å²) < 4.78 is 6.07. The summed E-state index contributed by atoms with van der Waals surface area (Å²) in [5.74, 6) is 0.594. The second-order valence-electron chi connectivity index (χ2n) is 7.51. The largest absolute Gasteiger partial charge is 0.361 e. The highest BCUT2D eigenvalue weighted by molar-refractivity contribution is 5.59. The van der Waals surface area contributed by atoms with E-state index in [1.165, 1.54) is 12.8 Å². The Morgan fingerprint density at radius 3 is 2.30 bits per heavy atom. The first kappa shape index (κ1) is 13.8. The van der Waals surface area contributed by atoms with Crippen LogP contribution in [0.15, 0.2) is 48.5 Å². The van der Waals surface area contributed by atoms with Crippen molar-refractivity contribution >= 4 is 0 Å². The summed E-state index contributed by atoms with van der Waals surface area (Å²) in [4.78, 5) is 2.29. The zero-order valence-corrected chi connectivity index (χ0v) is 13.7. The zero-order valence-electron chi connectivity index (χ0n) is 13.7. The summed E-state index contributed by atoms with van der Waals surface area (Å²) in [6.45, 7) is 1.82. The Morgan fingerprint density at radius 2 is 1.70 bits per heavy atom. The fourth-order valence-electron chi connectivity index (χ4n) is 5.28. The number of nitrogens with zero attached hydrogens (tertiary/aromatic N) is 1. The maximum Gasteiger partial charge on any atom is 0.0993 e. The van der Waals surface area contributed by atoms with Crippen LogP contribution in [0.2, 0.25) is 0 Å². The third-order valence-corrected chi connectivity index (χ3v) is 6.19. The van der Waals surface area contributed by atoms with Gasteiger partial charge >= 0.3 is 0 Å². The molecule has 0 aromatic heterocycles. The van der Waals surface area contributed by atoms with Gasteiger partial charge in [0.15, 0.2) is 0 Å². The standard InChI is InChI=1S/C21H23NO/c1-22-13-15(23-14-22)12-21-11-10-16(17-6-2-4-8-19(17)21)18-7-3-5-9-20(18)21/h2-9,15-16H,10-14H2,1H3/t15-,16?,21?/m1/s1. The smallest absolute Gasteiger partial charge is 0.0993 e. The number of fused-ring (bicyclic) bond motifs is 1. The summed E-state index contributed by atoms with van der Waals surface area (Å²) in [5, 5.41) is 0. The van der Waals surface area contributed by atoms with E-state index in [4.69, 9.17) is 4.74 Å². The normalized spacial score (nSPS) is 31.9. The van der Waals surface area contributed by atoms with E-state index in [0.29, 0.717) is 12.0 Å². The molecule has 0 spiro atoms. The highest BCUT2D eigenvalue weighted by Crippen LogP contribution is 2.58. The van der Waals surface area contributed by atoms with Crippen molar-refractivity contribution in [1.82, 2.24) is 4.90 Å². The van der Waals surface area contributed by atoms with Crippen molar-refractivity contribution in [3.8, 4) is 0 Å². The van der Waals surface area contributed by atoms with E-state index in [1.807, 2.05) is 0 Å². The molecule has 0 unspecified atom stereocenters. The summed E-state index contributed by atoms with van der Waals surface area (Å²) in [6, 6.07) is 18.3. The van der Waals surface area contributed by atoms with E-state index in [2.05, 4.69) is 60.5 Å². The van der Waals surface area contributed by atoms with Gasteiger partial charge < -0.3 is 4.74 Å². The SMILES string of the molecule is CN1CO[C@H](CC23CCC(c4ccccc42)c2ccccc23)C1. The molecule has 2 nitrogen and oxygen atoms in total. The number of likely N-dealkylation sites (N-methyl/N-ethyl adjacent to an activating group) is 1. The number of benzene rings is 2. The predicted octanol–water partition coefficient (Wildman–Crippen LogP) is 3.89. The van der Waals surface area contributed by atoms with Gasteiger partial charge in [0.2, 0.25) is 0 Å². The van der Waals surface area contributed by atoms with E-state index in [0.717, 1.165) is 19.7 Å². The van der Waals surface area contributed by atoms with Gasteiger partial charge in [-0.1, -0.05) is 48.5 Å². The molecular weight excluding hydrogens is 282 g/mol. The number of rotatable bonds is 2. The van der Waals surface area contributed by atoms with E-state index in [1.54, 1.807) is 22.3 Å². The molecule has 0 N–H and O–H groups in total. The first-order valence-corrected chi connectivity index (χ1v) is 8.77. The molecule has 3 aliphatic carbocycles. The second-order valence-corrected chi connectivity index (χ2v) is 7.51. The van der Waals surface area contributed by atoms with Crippen LogP contribution in [-0.2, 0) is 10.2 Å². The molecule has 2 aromatic rings. The fourth-order valence-corrected chi connectivity index (χ4v) is 5.28. The van der Waals surface area contributed by atoms with Crippen molar-refractivity contribution in [2.24, 2.45) is 0 Å². The lowest BCUT2D eigenvalue weighted by Crippen LogP contribution is -2.43. The van der Waals surface area contributed by atoms with Gasteiger partial charge in [-0.05, 0) is 48.6 Å². The van der Waals surface area contributed by atoms with E-state index < -0.39 is 0 Å². The van der Waals surface area contributed by atoms with Crippen LogP contribution >= 0.6 is 0 Å². The van der Waals surface area contributed by atoms with Gasteiger partial charge in [-0.25, -0.2) is 0 Å². The van der Waals surface area contributed by atoms with E-state index in [9.17, 15) is 0 Å². The van der Waals surface area contributed by atoms with Gasteiger partial charge in [-0.2, -0.15) is 0 Å². The number of ether oxygens (including phenoxy) is 1. The van der Waals surface area contributed by atoms with Crippen LogP contribution in [0.25, 0.3) is 0 Å². The molecule has 1 atom stereocenters. The van der Waals surface area contributed by atoms with Crippen molar-refractivity contribution < 1.29 is 4.74 Å². The summed E-state index contributed by atoms with van der Waals surface area (Å²) >= 11 is 0. The van der Waals surface area contributed by atoms with Gasteiger partial charge in [0.05, 0.1) is 12.8 Å². The lowest BCUT2D eigenvalue weighted by molar-refractivity contribution is 0.0738. The minimum Gasteiger partial charge on any atom is -0.361 e. The van der Waals surface area contributed by atoms with Gasteiger partial charge in [0.25, 0.3) is 0 Å². The van der Waals surface area contributed by atoms with Gasteiger partial charge in [-0.3, -0.25) is 4.90 Å². The molecule has 1 aliphatic heterocycles. The van der Waals surface area contributed by atoms with Crippen LogP contribution in [0.1, 0.15) is 47.4 Å². The van der Waals surface area contributed by atoms with Crippen LogP contribution in [0, 0.1) is 0 Å². The minimum absolute atomic E-state index is 0.151. The Morgan fingerprint density at radius 1 is 1.04 bits per heavy atom. The first-order chi connectivity index (χ1) is 11.3. The molecule has 4 aliphatic rings. The summed E-state index contributed by atoms with van der Waals surface area (Å²) in [7, 11) is 2.15. The lowest BCUT2D eigenvalue weighted by Gasteiger charge is -2.50. The molecule has 1 fully saturated rings. The molecule has 23 heavy (non-hydrogen) atoms. The highest BCUT2D eigenvalue weighted by atomic mass is 16.5. The summed E-state index contributed by atoms with van der Waals surface area (Å²) in [6.07, 6.45) is 3.99. The van der Waals surface area contributed by atoms with Crippen LogP contribution in [0.5, 0.6) is 0 Å². The predicted molar refractivity (Wildman–Crippen MR) is 91.7 cm³/mol. The quantitative estimate of drug-likeness (QED) is 0.834. The molecule has 0 radical (unpaired) electrons. The number of hydrogen-bond acceptors (Lipinski definition) is 2. The Labute approximate surface area is 138 Å². The van der Waals surface area contributed by atoms with Gasteiger partial charge in [-0.15, -0.1) is 0 Å². The Hall–Kier alpha value is -1.64. The maximum atomic E-state index is 6.07. The van der Waals surface area contributed by atoms with Crippen molar-refractivity contribution in [3.05, 3.63) is 70.8 Å². The molecule has 0 amide bonds. The molecular formula is C21H23NO. The van der Waals surface area contributed by atoms with Crippen molar-refractivity contribution in [1.29, 1.82) is 0 Å². The molecule has 1 saturated heterocycles. The highest BCUT2D eigenvalue weighted by Gasteiger charge is 2.49. The third kappa shape index (κ3) is 1.88. The van der Waals surface area contributed by atoms with Gasteiger partial charge in [0, 0.05) is 17.9 Å². The average Bonchev–Trinajstić information content (AvgIpc) is 3.00. The van der Waals surface area contributed by atoms with Crippen molar-refractivity contribution in [2.45, 2.75) is 36.7 Å². The topological polar surface area (TPSA) is 12.5 Å². The molecule has 6 rings (SSSR count). The van der Waals surface area contributed by atoms with Crippen LogP contribution in [0.4, 0.5) is 0 Å². The van der Waals surface area contributed by atoms with Crippen molar-refractivity contribution in [2.75, 3.05) is 20.3 Å². The Balaban J connectivity index is 1.67. The lowest BCUT2D eigenvalue weighted by atomic mass is 9.53. The second kappa shape index (κ2) is 4.93. The minimum atomic E-state index is 0.151. The Bertz CT molecular complexity index is 706. The maximum absolute atomic E-state index is 6.07. The van der Waals surface area contributed by atoms with Gasteiger partial charge in [0.1, 0.15) is 0 Å². The molecule has 2 heteroatoms. The van der Waals surface area contributed by atoms with Crippen LogP contribution in [-0.4, -0.2) is 31.3 Å². The summed E-state index contributed by atoms with van der Waals surface area (Å²) in [5.41, 5.74) is 6.39. The average molecular weight is 305 g/mol. The fraction of sp³-hybridized carbons (Fsp3) is 0.429. The zero-order chi connectivity index (χ0) is 15.4. The van der Waals surface area contributed by atoms with Crippen molar-refractivity contribution in [3.63, 3.8) is 0 Å². The third-order valence-electron chi connectivity index (χ3n) is 6.19. The van der Waals surface area contributed by atoms with E-state index in [-0.39, 0.29) is 5.41 Å². The molecule has 1 heterocycles. The van der Waals surface area contributed by atoms with Crippen LogP contribution in [0.3, 0.4) is 0 Å².